The third kappa shape index (κ3) is 8.35. The summed E-state index contributed by atoms with van der Waals surface area (Å²) < 4.78 is 5.17. The smallest absolute Gasteiger partial charge is 0.305 e. The summed E-state index contributed by atoms with van der Waals surface area (Å²) in [5, 5.41) is 17.2. The van der Waals surface area contributed by atoms with Gasteiger partial charge in [0.25, 0.3) is 0 Å². The van der Waals surface area contributed by atoms with E-state index >= 15 is 0 Å². The van der Waals surface area contributed by atoms with Crippen LogP contribution in [0, 0.1) is 0 Å². The molecule has 90 valence electrons. The normalized spacial score (nSPS) is 11.3. The van der Waals surface area contributed by atoms with E-state index in [-0.39, 0.29) is 19.6 Å². The second kappa shape index (κ2) is 8.64. The fraction of sp³-hybridized carbons (Fsp3) is 0.900. The van der Waals surface area contributed by atoms with Crippen molar-refractivity contribution in [2.45, 2.75) is 26.3 Å². The number of aliphatic hydroxyl groups excluding tert-OH is 1. The summed E-state index contributed by atoms with van der Waals surface area (Å²) in [7, 11) is 0. The molecular formula is C10H21NO4. The largest absolute Gasteiger partial charge is 0.481 e. The van der Waals surface area contributed by atoms with Crippen LogP contribution in [0.15, 0.2) is 0 Å². The second-order valence-corrected chi connectivity index (χ2v) is 3.61. The van der Waals surface area contributed by atoms with E-state index in [1.54, 1.807) is 0 Å². The number of hydrogen-bond acceptors (Lipinski definition) is 4. The number of carboxylic acids is 1. The Morgan fingerprint density at radius 2 is 2.00 bits per heavy atom. The van der Waals surface area contributed by atoms with Gasteiger partial charge in [0.1, 0.15) is 0 Å². The molecular weight excluding hydrogens is 198 g/mol. The lowest BCUT2D eigenvalue weighted by Gasteiger charge is -2.25. The summed E-state index contributed by atoms with van der Waals surface area (Å²) in [4.78, 5) is 12.3. The molecule has 0 aliphatic heterocycles. The van der Waals surface area contributed by atoms with Gasteiger partial charge < -0.3 is 14.9 Å². The summed E-state index contributed by atoms with van der Waals surface area (Å²) in [6, 6.07) is 0.361. The Bertz CT molecular complexity index is 173. The van der Waals surface area contributed by atoms with E-state index in [9.17, 15) is 4.79 Å². The van der Waals surface area contributed by atoms with Gasteiger partial charge in [-0.05, 0) is 13.8 Å². The number of hydrogen-bond donors (Lipinski definition) is 2. The van der Waals surface area contributed by atoms with Crippen molar-refractivity contribution in [3.05, 3.63) is 0 Å². The summed E-state index contributed by atoms with van der Waals surface area (Å²) >= 11 is 0. The molecule has 0 aromatic heterocycles. The minimum Gasteiger partial charge on any atom is -0.481 e. The van der Waals surface area contributed by atoms with E-state index in [0.29, 0.717) is 19.2 Å². The molecule has 0 aliphatic rings. The number of aliphatic hydroxyl groups is 1. The molecule has 0 amide bonds. The first-order valence-electron chi connectivity index (χ1n) is 5.22. The van der Waals surface area contributed by atoms with Crippen molar-refractivity contribution >= 4 is 5.97 Å². The first-order valence-corrected chi connectivity index (χ1v) is 5.22. The molecule has 0 spiro atoms. The molecule has 0 saturated carbocycles. The van der Waals surface area contributed by atoms with Crippen LogP contribution in [-0.4, -0.2) is 60.0 Å². The van der Waals surface area contributed by atoms with Crippen molar-refractivity contribution in [1.29, 1.82) is 0 Å². The molecule has 0 heterocycles. The fourth-order valence-corrected chi connectivity index (χ4v) is 1.20. The lowest BCUT2D eigenvalue weighted by atomic mass is 10.3. The van der Waals surface area contributed by atoms with Crippen LogP contribution in [0.1, 0.15) is 20.3 Å². The fourth-order valence-electron chi connectivity index (χ4n) is 1.20. The number of carboxylic acid groups (broad SMARTS) is 1. The van der Waals surface area contributed by atoms with E-state index in [0.717, 1.165) is 6.54 Å². The number of aliphatic carboxylic acids is 1. The predicted octanol–water partition coefficient (Wildman–Crippen LogP) is 0.180. The second-order valence-electron chi connectivity index (χ2n) is 3.61. The number of carbonyl (C=O) groups is 1. The standard InChI is InChI=1S/C10H21NO4/c1-9(2)11(4-6-12)5-8-15-7-3-10(13)14/h9,12H,3-8H2,1-2H3,(H,13,14). The Hall–Kier alpha value is -0.650. The highest BCUT2D eigenvalue weighted by molar-refractivity contribution is 5.66. The molecule has 0 bridgehead atoms. The Morgan fingerprint density at radius 3 is 2.47 bits per heavy atom. The van der Waals surface area contributed by atoms with Gasteiger partial charge in [0, 0.05) is 19.1 Å². The number of rotatable bonds is 9. The zero-order valence-electron chi connectivity index (χ0n) is 9.48. The van der Waals surface area contributed by atoms with Crippen LogP contribution < -0.4 is 0 Å². The lowest BCUT2D eigenvalue weighted by Crippen LogP contribution is -2.36. The molecule has 5 nitrogen and oxygen atoms in total. The molecule has 15 heavy (non-hydrogen) atoms. The van der Waals surface area contributed by atoms with Crippen molar-refractivity contribution in [2.75, 3.05) is 32.9 Å². The Labute approximate surface area is 90.6 Å². The molecule has 2 N–H and O–H groups in total. The average Bonchev–Trinajstić information content (AvgIpc) is 2.15. The quantitative estimate of drug-likeness (QED) is 0.541. The third-order valence-electron chi connectivity index (χ3n) is 2.10. The highest BCUT2D eigenvalue weighted by Gasteiger charge is 2.07. The van der Waals surface area contributed by atoms with Gasteiger partial charge in [0.05, 0.1) is 26.2 Å². The van der Waals surface area contributed by atoms with Gasteiger partial charge >= 0.3 is 5.97 Å². The van der Waals surface area contributed by atoms with E-state index in [1.165, 1.54) is 0 Å². The lowest BCUT2D eigenvalue weighted by molar-refractivity contribution is -0.138. The van der Waals surface area contributed by atoms with Crippen molar-refractivity contribution in [2.24, 2.45) is 0 Å². The molecule has 0 aromatic rings. The van der Waals surface area contributed by atoms with E-state index in [2.05, 4.69) is 4.90 Å². The van der Waals surface area contributed by atoms with Crippen LogP contribution in [0.3, 0.4) is 0 Å². The summed E-state index contributed by atoms with van der Waals surface area (Å²) in [6.45, 7) is 6.33. The van der Waals surface area contributed by atoms with Crippen LogP contribution in [0.4, 0.5) is 0 Å². The van der Waals surface area contributed by atoms with Gasteiger partial charge in [-0.15, -0.1) is 0 Å². The molecule has 0 fully saturated rings. The molecule has 5 heteroatoms. The van der Waals surface area contributed by atoms with Gasteiger partial charge in [-0.25, -0.2) is 0 Å². The van der Waals surface area contributed by atoms with Crippen molar-refractivity contribution < 1.29 is 19.7 Å². The molecule has 0 unspecified atom stereocenters. The molecule has 0 atom stereocenters. The van der Waals surface area contributed by atoms with E-state index in [4.69, 9.17) is 14.9 Å². The Kier molecular flexibility index (Phi) is 8.27. The van der Waals surface area contributed by atoms with Crippen molar-refractivity contribution in [3.63, 3.8) is 0 Å². The highest BCUT2D eigenvalue weighted by atomic mass is 16.5. The Balaban J connectivity index is 3.49. The highest BCUT2D eigenvalue weighted by Crippen LogP contribution is 1.97. The van der Waals surface area contributed by atoms with Gasteiger partial charge in [0.2, 0.25) is 0 Å². The van der Waals surface area contributed by atoms with Gasteiger partial charge in [-0.2, -0.15) is 0 Å². The van der Waals surface area contributed by atoms with Crippen LogP contribution in [-0.2, 0) is 9.53 Å². The molecule has 0 saturated heterocycles. The zero-order chi connectivity index (χ0) is 11.7. The Morgan fingerprint density at radius 1 is 1.33 bits per heavy atom. The van der Waals surface area contributed by atoms with Gasteiger partial charge in [-0.3, -0.25) is 9.69 Å². The van der Waals surface area contributed by atoms with Gasteiger partial charge in [0.15, 0.2) is 0 Å². The van der Waals surface area contributed by atoms with Crippen molar-refractivity contribution in [1.82, 2.24) is 4.90 Å². The first-order chi connectivity index (χ1) is 7.07. The minimum atomic E-state index is -0.842. The number of ether oxygens (including phenoxy) is 1. The maximum Gasteiger partial charge on any atom is 0.305 e. The van der Waals surface area contributed by atoms with Crippen LogP contribution in [0.25, 0.3) is 0 Å². The third-order valence-corrected chi connectivity index (χ3v) is 2.10. The topological polar surface area (TPSA) is 70.0 Å². The van der Waals surface area contributed by atoms with Gasteiger partial charge in [-0.1, -0.05) is 0 Å². The summed E-state index contributed by atoms with van der Waals surface area (Å²) in [5.41, 5.74) is 0. The summed E-state index contributed by atoms with van der Waals surface area (Å²) in [5.74, 6) is -0.842. The van der Waals surface area contributed by atoms with E-state index < -0.39 is 5.97 Å². The first kappa shape index (κ1) is 14.3. The summed E-state index contributed by atoms with van der Waals surface area (Å²) in [6.07, 6.45) is 0.0433. The maximum absolute atomic E-state index is 10.2. The van der Waals surface area contributed by atoms with Crippen molar-refractivity contribution in [3.8, 4) is 0 Å². The molecule has 0 aliphatic carbocycles. The van der Waals surface area contributed by atoms with Crippen LogP contribution in [0.5, 0.6) is 0 Å². The maximum atomic E-state index is 10.2. The molecule has 0 aromatic carbocycles. The number of nitrogens with zero attached hydrogens (tertiary/aromatic N) is 1. The minimum absolute atomic E-state index is 0.0433. The van der Waals surface area contributed by atoms with Crippen LogP contribution >= 0.6 is 0 Å². The zero-order valence-corrected chi connectivity index (χ0v) is 9.48. The van der Waals surface area contributed by atoms with E-state index in [1.807, 2.05) is 13.8 Å². The average molecular weight is 219 g/mol. The van der Waals surface area contributed by atoms with Crippen LogP contribution in [0.2, 0.25) is 0 Å². The molecule has 0 radical (unpaired) electrons. The monoisotopic (exact) mass is 219 g/mol. The molecule has 0 rings (SSSR count). The predicted molar refractivity (Wildman–Crippen MR) is 56.9 cm³/mol. The SMILES string of the molecule is CC(C)N(CCO)CCOCCC(=O)O.